The number of benzene rings is 3. The molecule has 3 atom stereocenters. The Morgan fingerprint density at radius 1 is 0.936 bits per heavy atom. The molecule has 9 nitrogen and oxygen atoms in total. The molecule has 0 radical (unpaired) electrons. The van der Waals surface area contributed by atoms with E-state index in [1.54, 1.807) is 29.2 Å². The highest BCUT2D eigenvalue weighted by molar-refractivity contribution is 7.80. The maximum absolute atomic E-state index is 13.8. The van der Waals surface area contributed by atoms with Gasteiger partial charge in [0.25, 0.3) is 0 Å². The first-order valence-corrected chi connectivity index (χ1v) is 19.8. The molecular formula is C34H43F2NO8SSi. The zero-order valence-corrected chi connectivity index (χ0v) is 29.1. The van der Waals surface area contributed by atoms with Crippen LogP contribution in [0.15, 0.2) is 66.7 Å². The van der Waals surface area contributed by atoms with Gasteiger partial charge in [0, 0.05) is 17.3 Å². The van der Waals surface area contributed by atoms with E-state index in [9.17, 15) is 27.1 Å². The number of unbranched alkanes of at least 4 members (excludes halogenated alkanes) is 1. The van der Waals surface area contributed by atoms with Crippen molar-refractivity contribution in [2.45, 2.75) is 76.7 Å². The molecule has 1 heterocycles. The Bertz CT molecular complexity index is 1630. The van der Waals surface area contributed by atoms with E-state index >= 15 is 0 Å². The van der Waals surface area contributed by atoms with Crippen LogP contribution in [0, 0.1) is 17.6 Å². The maximum atomic E-state index is 13.8. The summed E-state index contributed by atoms with van der Waals surface area (Å²) in [6, 6.07) is 16.1. The molecule has 0 spiro atoms. The Morgan fingerprint density at radius 3 is 2.11 bits per heavy atom. The Kier molecular flexibility index (Phi) is 11.5. The van der Waals surface area contributed by atoms with Gasteiger partial charge in [0.05, 0.1) is 31.3 Å². The highest BCUT2D eigenvalue weighted by Gasteiger charge is 2.50. The predicted molar refractivity (Wildman–Crippen MR) is 177 cm³/mol. The Hall–Kier alpha value is -3.36. The van der Waals surface area contributed by atoms with Crippen LogP contribution in [0.25, 0.3) is 0 Å². The van der Waals surface area contributed by atoms with Gasteiger partial charge in [0.1, 0.15) is 23.1 Å². The van der Waals surface area contributed by atoms with Gasteiger partial charge in [0.2, 0.25) is 5.91 Å². The van der Waals surface area contributed by atoms with Crippen molar-refractivity contribution in [3.8, 4) is 11.5 Å². The van der Waals surface area contributed by atoms with Crippen LogP contribution in [0.5, 0.6) is 11.5 Å². The number of phenols is 1. The number of phenolic OH excluding ortho intramolecular Hbond substituents is 1. The van der Waals surface area contributed by atoms with Gasteiger partial charge in [-0.2, -0.15) is 8.42 Å². The Balaban J connectivity index is 1.55. The minimum atomic E-state index is -4.49. The number of carbonyl (C=O) groups excluding carboxylic acids is 1. The Labute approximate surface area is 276 Å². The highest BCUT2D eigenvalue weighted by Crippen LogP contribution is 2.50. The normalized spacial score (nSPS) is 17.8. The molecule has 0 aliphatic carbocycles. The second-order valence-electron chi connectivity index (χ2n) is 13.3. The lowest BCUT2D eigenvalue weighted by molar-refractivity contribution is -0.131. The van der Waals surface area contributed by atoms with Crippen LogP contribution in [0.3, 0.4) is 0 Å². The number of amides is 1. The summed E-state index contributed by atoms with van der Waals surface area (Å²) < 4.78 is 74.4. The van der Waals surface area contributed by atoms with E-state index < -0.39 is 36.5 Å². The predicted octanol–water partition coefficient (Wildman–Crippen LogP) is 7.90. The molecule has 0 bridgehead atoms. The summed E-state index contributed by atoms with van der Waals surface area (Å²) in [7, 11) is -6.76. The third kappa shape index (κ3) is 9.38. The summed E-state index contributed by atoms with van der Waals surface area (Å²) in [4.78, 5) is 15.3. The fraction of sp³-hybridized carbons (Fsp3) is 0.441. The number of hydrogen-bond donors (Lipinski definition) is 2. The zero-order valence-electron chi connectivity index (χ0n) is 27.3. The number of β-lactam (4-membered cyclic amide) rings is 1. The van der Waals surface area contributed by atoms with Crippen molar-refractivity contribution in [1.29, 1.82) is 0 Å². The number of rotatable bonds is 15. The van der Waals surface area contributed by atoms with Crippen molar-refractivity contribution >= 4 is 30.3 Å². The monoisotopic (exact) mass is 691 g/mol. The van der Waals surface area contributed by atoms with Crippen LogP contribution in [-0.2, 0) is 23.8 Å². The number of carbonyl (C=O) groups is 1. The molecule has 1 aliphatic heterocycles. The van der Waals surface area contributed by atoms with Gasteiger partial charge in [-0.25, -0.2) is 13.0 Å². The molecular weight excluding hydrogens is 649 g/mol. The van der Waals surface area contributed by atoms with Crippen LogP contribution >= 0.6 is 0 Å². The van der Waals surface area contributed by atoms with Crippen molar-refractivity contribution < 1.29 is 45.0 Å². The summed E-state index contributed by atoms with van der Waals surface area (Å²) in [6.07, 6.45) is 1.27. The van der Waals surface area contributed by atoms with E-state index in [2.05, 4.69) is 38.0 Å². The molecule has 4 rings (SSSR count). The molecule has 3 unspecified atom stereocenters. The maximum Gasteiger partial charge on any atom is 0.397 e. The third-order valence-corrected chi connectivity index (χ3v) is 13.9. The van der Waals surface area contributed by atoms with Gasteiger partial charge in [-0.1, -0.05) is 32.9 Å². The van der Waals surface area contributed by atoms with Crippen LogP contribution in [-0.4, -0.2) is 45.5 Å². The quantitative estimate of drug-likeness (QED) is 0.0714. The first-order chi connectivity index (χ1) is 22.0. The van der Waals surface area contributed by atoms with Crippen molar-refractivity contribution in [3.63, 3.8) is 0 Å². The van der Waals surface area contributed by atoms with Crippen LogP contribution in [0.2, 0.25) is 18.1 Å². The lowest BCUT2D eigenvalue weighted by Gasteiger charge is -2.48. The Morgan fingerprint density at radius 2 is 1.53 bits per heavy atom. The summed E-state index contributed by atoms with van der Waals surface area (Å²) in [5.74, 6) is -1.19. The molecule has 1 aliphatic rings. The van der Waals surface area contributed by atoms with Gasteiger partial charge >= 0.3 is 10.4 Å². The molecule has 1 fully saturated rings. The minimum Gasteiger partial charge on any atom is -0.507 e. The topological polar surface area (TPSA) is 123 Å². The number of aromatic hydroxyl groups is 1. The second kappa shape index (κ2) is 14.8. The lowest BCUT2D eigenvalue weighted by Crippen LogP contribution is -2.55. The van der Waals surface area contributed by atoms with Crippen molar-refractivity contribution in [1.82, 2.24) is 0 Å². The second-order valence-corrected chi connectivity index (χ2v) is 19.1. The molecule has 1 saturated heterocycles. The van der Waals surface area contributed by atoms with Crippen molar-refractivity contribution in [2.24, 2.45) is 5.92 Å². The van der Waals surface area contributed by atoms with Crippen molar-refractivity contribution in [2.75, 3.05) is 18.1 Å². The molecule has 0 saturated carbocycles. The first kappa shape index (κ1) is 36.5. The highest BCUT2D eigenvalue weighted by atomic mass is 32.3. The molecule has 13 heteroatoms. The number of nitrogens with zero attached hydrogens (tertiary/aromatic N) is 1. The molecule has 47 heavy (non-hydrogen) atoms. The molecule has 0 aromatic heterocycles. The first-order valence-electron chi connectivity index (χ1n) is 15.6. The standard InChI is InChI=1S/C34H43F2NO8SSi/c1-34(2,3)47(4,5)45-31(23-8-10-24(35)11-9-23)19-18-29-32(37(33(29)39)26-14-12-25(36)13-15-26)28-17-16-27(22-30(28)38)43-20-6-7-21-44-46(40,41)42/h8-17,22,29,31-32,38H,6-7,18-21H2,1-5H3,(H,40,41,42). The molecule has 3 aromatic carbocycles. The fourth-order valence-corrected chi connectivity index (χ4v) is 6.98. The fourth-order valence-electron chi connectivity index (χ4n) is 5.33. The molecule has 1 amide bonds. The van der Waals surface area contributed by atoms with E-state index in [0.29, 0.717) is 42.7 Å². The summed E-state index contributed by atoms with van der Waals surface area (Å²) in [5, 5.41) is 11.1. The zero-order chi connectivity index (χ0) is 34.6. The van der Waals surface area contributed by atoms with E-state index in [4.69, 9.17) is 13.7 Å². The van der Waals surface area contributed by atoms with Crippen LogP contribution < -0.4 is 9.64 Å². The van der Waals surface area contributed by atoms with E-state index in [1.807, 2.05) is 0 Å². The van der Waals surface area contributed by atoms with Gasteiger partial charge in [-0.05, 0) is 97.9 Å². The van der Waals surface area contributed by atoms with Gasteiger partial charge in [-0.15, -0.1) is 0 Å². The van der Waals surface area contributed by atoms with Gasteiger partial charge in [-0.3, -0.25) is 9.35 Å². The molecule has 256 valence electrons. The third-order valence-electron chi connectivity index (χ3n) is 8.90. The molecule has 3 aromatic rings. The molecule has 2 N–H and O–H groups in total. The largest absolute Gasteiger partial charge is 0.507 e. The SMILES string of the molecule is CC(C)(C)[Si](C)(C)OC(CCC1C(=O)N(c2ccc(F)cc2)C1c1ccc(OCCCCOS(=O)(=O)O)cc1O)c1ccc(F)cc1. The number of hydrogen-bond acceptors (Lipinski definition) is 7. The number of halogens is 2. The van der Waals surface area contributed by atoms with Crippen LogP contribution in [0.4, 0.5) is 14.5 Å². The number of anilines is 1. The van der Waals surface area contributed by atoms with E-state index in [-0.39, 0.29) is 41.8 Å². The van der Waals surface area contributed by atoms with Crippen LogP contribution in [0.1, 0.15) is 69.7 Å². The number of ether oxygens (including phenoxy) is 1. The van der Waals surface area contributed by atoms with Gasteiger partial charge < -0.3 is 19.2 Å². The van der Waals surface area contributed by atoms with E-state index in [1.165, 1.54) is 42.5 Å². The average molecular weight is 692 g/mol. The lowest BCUT2D eigenvalue weighted by atomic mass is 9.78. The average Bonchev–Trinajstić information content (AvgIpc) is 2.98. The summed E-state index contributed by atoms with van der Waals surface area (Å²) >= 11 is 0. The smallest absolute Gasteiger partial charge is 0.397 e. The summed E-state index contributed by atoms with van der Waals surface area (Å²) in [5.41, 5.74) is 1.82. The summed E-state index contributed by atoms with van der Waals surface area (Å²) in [6.45, 7) is 10.7. The van der Waals surface area contributed by atoms with Gasteiger partial charge in [0.15, 0.2) is 8.32 Å². The minimum absolute atomic E-state index is 0.0804. The van der Waals surface area contributed by atoms with Crippen molar-refractivity contribution in [3.05, 3.63) is 89.5 Å². The van der Waals surface area contributed by atoms with E-state index in [0.717, 1.165) is 5.56 Å².